The van der Waals surface area contributed by atoms with Crippen molar-refractivity contribution in [3.8, 4) is 5.75 Å². The van der Waals surface area contributed by atoms with Crippen LogP contribution in [-0.4, -0.2) is 24.7 Å². The number of carboxylic acids is 1. The van der Waals surface area contributed by atoms with Gasteiger partial charge in [0.1, 0.15) is 11.5 Å². The van der Waals surface area contributed by atoms with E-state index in [1.165, 1.54) is 11.6 Å². The molecule has 0 radical (unpaired) electrons. The molecule has 0 saturated heterocycles. The summed E-state index contributed by atoms with van der Waals surface area (Å²) in [7, 11) is 1.65. The van der Waals surface area contributed by atoms with E-state index in [9.17, 15) is 4.79 Å². The van der Waals surface area contributed by atoms with Crippen LogP contribution in [0.4, 0.5) is 0 Å². The number of hydrogen-bond donors (Lipinski definition) is 2. The third-order valence-electron chi connectivity index (χ3n) is 2.90. The fraction of sp³-hybridized carbons (Fsp3) is 0.267. The molecule has 0 aliphatic heterocycles. The maximum absolute atomic E-state index is 10.7. The van der Waals surface area contributed by atoms with Gasteiger partial charge in [-0.25, -0.2) is 4.79 Å². The van der Waals surface area contributed by atoms with Gasteiger partial charge in [0.05, 0.1) is 13.7 Å². The van der Waals surface area contributed by atoms with Crippen molar-refractivity contribution in [1.82, 2.24) is 5.32 Å². The third kappa shape index (κ3) is 3.86. The molecule has 0 aliphatic rings. The van der Waals surface area contributed by atoms with Gasteiger partial charge in [-0.1, -0.05) is 12.1 Å². The van der Waals surface area contributed by atoms with Crippen LogP contribution in [0, 0.1) is 0 Å². The molecule has 0 bridgehead atoms. The summed E-state index contributed by atoms with van der Waals surface area (Å²) < 4.78 is 10.3. The lowest BCUT2D eigenvalue weighted by Gasteiger charge is -2.05. The van der Waals surface area contributed by atoms with E-state index >= 15 is 0 Å². The second-order valence-electron chi connectivity index (χ2n) is 4.35. The Morgan fingerprint density at radius 3 is 2.90 bits per heavy atom. The minimum absolute atomic E-state index is 0.0328. The van der Waals surface area contributed by atoms with Gasteiger partial charge < -0.3 is 19.6 Å². The standard InChI is InChI=1S/C15H17NO4/c1-19-12-4-2-3-11(9-12)7-8-16-10-13-5-6-14(20-13)15(17)18/h2-6,9,16H,7-8,10H2,1H3,(H,17,18). The average Bonchev–Trinajstić information content (AvgIpc) is 2.93. The first-order valence-electron chi connectivity index (χ1n) is 6.34. The predicted molar refractivity (Wildman–Crippen MR) is 74.1 cm³/mol. The third-order valence-corrected chi connectivity index (χ3v) is 2.90. The molecule has 5 nitrogen and oxygen atoms in total. The van der Waals surface area contributed by atoms with Crippen LogP contribution in [0.2, 0.25) is 0 Å². The van der Waals surface area contributed by atoms with Crippen LogP contribution in [0.25, 0.3) is 0 Å². The first-order chi connectivity index (χ1) is 9.69. The smallest absolute Gasteiger partial charge is 0.371 e. The molecule has 1 aromatic heterocycles. The van der Waals surface area contributed by atoms with Crippen molar-refractivity contribution in [2.45, 2.75) is 13.0 Å². The number of carboxylic acid groups (broad SMARTS) is 1. The molecular formula is C15H17NO4. The summed E-state index contributed by atoms with van der Waals surface area (Å²) in [5.41, 5.74) is 1.18. The summed E-state index contributed by atoms with van der Waals surface area (Å²) in [5, 5.41) is 12.0. The second-order valence-corrected chi connectivity index (χ2v) is 4.35. The van der Waals surface area contributed by atoms with E-state index in [1.54, 1.807) is 13.2 Å². The maximum atomic E-state index is 10.7. The van der Waals surface area contributed by atoms with Crippen LogP contribution in [0.5, 0.6) is 5.75 Å². The van der Waals surface area contributed by atoms with Gasteiger partial charge in [-0.15, -0.1) is 0 Å². The van der Waals surface area contributed by atoms with Crippen molar-refractivity contribution in [2.24, 2.45) is 0 Å². The maximum Gasteiger partial charge on any atom is 0.371 e. The first-order valence-corrected chi connectivity index (χ1v) is 6.34. The lowest BCUT2D eigenvalue weighted by molar-refractivity contribution is 0.0660. The van der Waals surface area contributed by atoms with Gasteiger partial charge in [0.15, 0.2) is 0 Å². The minimum atomic E-state index is -1.05. The van der Waals surface area contributed by atoms with Crippen LogP contribution in [0.15, 0.2) is 40.8 Å². The normalized spacial score (nSPS) is 10.4. The van der Waals surface area contributed by atoms with Gasteiger partial charge in [-0.3, -0.25) is 0 Å². The topological polar surface area (TPSA) is 71.7 Å². The highest BCUT2D eigenvalue weighted by atomic mass is 16.5. The number of furan rings is 1. The fourth-order valence-corrected chi connectivity index (χ4v) is 1.86. The lowest BCUT2D eigenvalue weighted by Crippen LogP contribution is -2.16. The van der Waals surface area contributed by atoms with Gasteiger partial charge in [0.2, 0.25) is 5.76 Å². The Morgan fingerprint density at radius 1 is 1.35 bits per heavy atom. The van der Waals surface area contributed by atoms with E-state index in [-0.39, 0.29) is 5.76 Å². The largest absolute Gasteiger partial charge is 0.497 e. The van der Waals surface area contributed by atoms with Crippen molar-refractivity contribution in [2.75, 3.05) is 13.7 Å². The fourth-order valence-electron chi connectivity index (χ4n) is 1.86. The molecule has 106 valence electrons. The summed E-state index contributed by atoms with van der Waals surface area (Å²) in [6.45, 7) is 1.29. The van der Waals surface area contributed by atoms with Crippen molar-refractivity contribution < 1.29 is 19.1 Å². The lowest BCUT2D eigenvalue weighted by atomic mass is 10.1. The highest BCUT2D eigenvalue weighted by molar-refractivity contribution is 5.84. The number of nitrogens with one attached hydrogen (secondary N) is 1. The zero-order valence-electron chi connectivity index (χ0n) is 11.3. The predicted octanol–water partition coefficient (Wildman–Crippen LogP) is 2.32. The Kier molecular flexibility index (Phi) is 4.79. The van der Waals surface area contributed by atoms with Gasteiger partial charge in [-0.2, -0.15) is 0 Å². The van der Waals surface area contributed by atoms with Crippen molar-refractivity contribution in [3.63, 3.8) is 0 Å². The molecule has 0 spiro atoms. The van der Waals surface area contributed by atoms with Gasteiger partial charge in [0, 0.05) is 0 Å². The minimum Gasteiger partial charge on any atom is -0.497 e. The highest BCUT2D eigenvalue weighted by Crippen LogP contribution is 2.12. The van der Waals surface area contributed by atoms with E-state index in [0.29, 0.717) is 12.3 Å². The van der Waals surface area contributed by atoms with E-state index in [1.807, 2.05) is 24.3 Å². The number of aromatic carboxylic acids is 1. The van der Waals surface area contributed by atoms with Gasteiger partial charge in [0.25, 0.3) is 0 Å². The number of benzene rings is 1. The quantitative estimate of drug-likeness (QED) is 0.759. The van der Waals surface area contributed by atoms with E-state index in [2.05, 4.69) is 5.32 Å². The van der Waals surface area contributed by atoms with Crippen molar-refractivity contribution >= 4 is 5.97 Å². The monoisotopic (exact) mass is 275 g/mol. The number of hydrogen-bond acceptors (Lipinski definition) is 4. The van der Waals surface area contributed by atoms with E-state index in [4.69, 9.17) is 14.3 Å². The van der Waals surface area contributed by atoms with Crippen LogP contribution >= 0.6 is 0 Å². The molecule has 1 heterocycles. The molecule has 0 aliphatic carbocycles. The molecule has 2 aromatic rings. The molecule has 0 unspecified atom stereocenters. The molecule has 0 fully saturated rings. The zero-order valence-corrected chi connectivity index (χ0v) is 11.3. The Hall–Kier alpha value is -2.27. The molecule has 5 heteroatoms. The van der Waals surface area contributed by atoms with Gasteiger partial charge in [-0.05, 0) is 42.8 Å². The molecule has 2 rings (SSSR count). The number of ether oxygens (including phenoxy) is 1. The SMILES string of the molecule is COc1cccc(CCNCc2ccc(C(=O)O)o2)c1. The van der Waals surface area contributed by atoms with Crippen LogP contribution in [0.1, 0.15) is 21.9 Å². The molecule has 0 saturated carbocycles. The van der Waals surface area contributed by atoms with Crippen LogP contribution in [-0.2, 0) is 13.0 Å². The Balaban J connectivity index is 1.76. The molecule has 2 N–H and O–H groups in total. The highest BCUT2D eigenvalue weighted by Gasteiger charge is 2.08. The zero-order chi connectivity index (χ0) is 14.4. The van der Waals surface area contributed by atoms with E-state index in [0.717, 1.165) is 18.7 Å². The number of rotatable bonds is 7. The summed E-state index contributed by atoms with van der Waals surface area (Å²) >= 11 is 0. The number of carbonyl (C=O) groups is 1. The Labute approximate surface area is 117 Å². The number of methoxy groups -OCH3 is 1. The molecule has 0 amide bonds. The van der Waals surface area contributed by atoms with Crippen LogP contribution < -0.4 is 10.1 Å². The second kappa shape index (κ2) is 6.77. The Morgan fingerprint density at radius 2 is 2.20 bits per heavy atom. The Bertz CT molecular complexity index is 577. The van der Waals surface area contributed by atoms with Crippen LogP contribution in [0.3, 0.4) is 0 Å². The summed E-state index contributed by atoms with van der Waals surface area (Å²) in [5.74, 6) is 0.384. The summed E-state index contributed by atoms with van der Waals surface area (Å²) in [6.07, 6.45) is 0.865. The molecular weight excluding hydrogens is 258 g/mol. The molecule has 20 heavy (non-hydrogen) atoms. The summed E-state index contributed by atoms with van der Waals surface area (Å²) in [4.78, 5) is 10.7. The van der Waals surface area contributed by atoms with Gasteiger partial charge >= 0.3 is 5.97 Å². The van der Waals surface area contributed by atoms with Crippen molar-refractivity contribution in [3.05, 3.63) is 53.5 Å². The summed E-state index contributed by atoms with van der Waals surface area (Å²) in [6, 6.07) is 11.0. The van der Waals surface area contributed by atoms with Crippen molar-refractivity contribution in [1.29, 1.82) is 0 Å². The average molecular weight is 275 g/mol. The molecule has 1 aromatic carbocycles. The molecule has 0 atom stereocenters. The van der Waals surface area contributed by atoms with E-state index < -0.39 is 5.97 Å². The first kappa shape index (κ1) is 14.1.